The van der Waals surface area contributed by atoms with E-state index < -0.39 is 97.5 Å². The van der Waals surface area contributed by atoms with Crippen molar-refractivity contribution in [3.63, 3.8) is 0 Å². The maximum Gasteiger partial charge on any atom is 0.472 e. The van der Waals surface area contributed by atoms with Gasteiger partial charge >= 0.3 is 39.5 Å². The molecule has 0 aromatic carbocycles. The van der Waals surface area contributed by atoms with Crippen molar-refractivity contribution in [3.8, 4) is 0 Å². The van der Waals surface area contributed by atoms with E-state index in [0.29, 0.717) is 25.7 Å². The molecule has 0 bridgehead atoms. The third-order valence-corrected chi connectivity index (χ3v) is 18.3. The van der Waals surface area contributed by atoms with Crippen LogP contribution < -0.4 is 0 Å². The van der Waals surface area contributed by atoms with Gasteiger partial charge < -0.3 is 33.8 Å². The van der Waals surface area contributed by atoms with Gasteiger partial charge in [-0.15, -0.1) is 0 Å². The number of phosphoric acid groups is 2. The van der Waals surface area contributed by atoms with E-state index in [0.717, 1.165) is 114 Å². The lowest BCUT2D eigenvalue weighted by Gasteiger charge is -2.21. The molecule has 0 aliphatic rings. The highest BCUT2D eigenvalue weighted by Crippen LogP contribution is 2.45. The van der Waals surface area contributed by atoms with Crippen LogP contribution in [0.4, 0.5) is 0 Å². The number of hydrogen-bond donors (Lipinski definition) is 3. The molecule has 0 spiro atoms. The maximum atomic E-state index is 13.0. The fourth-order valence-electron chi connectivity index (χ4n) is 10.1. The summed E-state index contributed by atoms with van der Waals surface area (Å²) < 4.78 is 68.0. The lowest BCUT2D eigenvalue weighted by atomic mass is 9.99. The minimum Gasteiger partial charge on any atom is -0.462 e. The molecule has 19 heteroatoms. The number of unbranched alkanes of at least 4 members (excludes halogenated alkanes) is 32. The topological polar surface area (TPSA) is 237 Å². The average molecular weight is 1280 g/mol. The molecule has 4 unspecified atom stereocenters. The fourth-order valence-corrected chi connectivity index (χ4v) is 11.7. The first kappa shape index (κ1) is 85.1. The number of ether oxygens (including phenoxy) is 4. The molecule has 7 atom stereocenters. The summed E-state index contributed by atoms with van der Waals surface area (Å²) in [5, 5.41) is 10.5. The minimum absolute atomic E-state index is 0.104. The molecule has 0 rings (SSSR count). The highest BCUT2D eigenvalue weighted by molar-refractivity contribution is 7.47. The van der Waals surface area contributed by atoms with Crippen molar-refractivity contribution in [1.82, 2.24) is 0 Å². The van der Waals surface area contributed by atoms with E-state index in [-0.39, 0.29) is 25.7 Å². The van der Waals surface area contributed by atoms with Crippen LogP contribution in [0.2, 0.25) is 0 Å². The van der Waals surface area contributed by atoms with Crippen LogP contribution >= 0.6 is 15.6 Å². The summed E-state index contributed by atoms with van der Waals surface area (Å²) >= 11 is 0. The zero-order valence-corrected chi connectivity index (χ0v) is 58.3. The first-order valence-corrected chi connectivity index (χ1v) is 38.4. The van der Waals surface area contributed by atoms with Gasteiger partial charge in [0.25, 0.3) is 0 Å². The second-order valence-electron chi connectivity index (χ2n) is 25.5. The summed E-state index contributed by atoms with van der Waals surface area (Å²) in [6.45, 7) is 11.8. The van der Waals surface area contributed by atoms with E-state index in [9.17, 15) is 43.2 Å². The highest BCUT2D eigenvalue weighted by atomic mass is 31.2. The summed E-state index contributed by atoms with van der Waals surface area (Å²) in [5.74, 6) is 0.209. The SMILES string of the molecule is CCCCCCCC(=O)OC[C@H](COP(=O)(O)OC[C@H](O)COP(=O)(O)OC[C@@H](COC(=O)CCCCCCCCCCC(C)CC)OC(=O)CCCCCCCCCCCCCCCCCC(C)C)OC(=O)CCCCCCCCCCC(C)CC. The summed E-state index contributed by atoms with van der Waals surface area (Å²) in [6.07, 6.45) is 42.0. The van der Waals surface area contributed by atoms with Gasteiger partial charge in [0.15, 0.2) is 12.2 Å². The predicted molar refractivity (Wildman–Crippen MR) is 349 cm³/mol. The first-order chi connectivity index (χ1) is 41.8. The van der Waals surface area contributed by atoms with Crippen LogP contribution in [0.25, 0.3) is 0 Å². The Balaban J connectivity index is 5.16. The van der Waals surface area contributed by atoms with Crippen molar-refractivity contribution in [2.24, 2.45) is 17.8 Å². The standard InChI is InChI=1S/C68H132O17P2/c1-8-11-12-32-42-49-65(70)78-55-63(84-68(73)52-45-38-31-25-23-28-35-41-48-61(7)10-3)57-82-86(74,75)80-53-62(69)54-81-87(76,77)83-58-64(56-79-66(71)50-43-36-29-24-22-27-34-40-47-60(6)9-2)85-67(72)51-44-37-30-21-19-17-15-13-14-16-18-20-26-33-39-46-59(4)5/h59-64,69H,8-58H2,1-7H3,(H,74,75)(H,76,77)/t60?,61?,62-,63+,64+/m0/s1. The molecule has 3 N–H and O–H groups in total. The molecule has 0 saturated heterocycles. The Bertz CT molecular complexity index is 1720. The third-order valence-electron chi connectivity index (χ3n) is 16.4. The molecule has 0 radical (unpaired) electrons. The first-order valence-electron chi connectivity index (χ1n) is 35.4. The van der Waals surface area contributed by atoms with Crippen molar-refractivity contribution >= 4 is 39.5 Å². The number of carbonyl (C=O) groups excluding carboxylic acids is 4. The van der Waals surface area contributed by atoms with E-state index in [1.165, 1.54) is 141 Å². The molecule has 0 amide bonds. The summed E-state index contributed by atoms with van der Waals surface area (Å²) in [7, 11) is -9.89. The highest BCUT2D eigenvalue weighted by Gasteiger charge is 2.30. The Hall–Kier alpha value is -1.94. The molecule has 0 aliphatic heterocycles. The molecule has 87 heavy (non-hydrogen) atoms. The van der Waals surface area contributed by atoms with Crippen LogP contribution in [0, 0.1) is 17.8 Å². The van der Waals surface area contributed by atoms with Gasteiger partial charge in [-0.05, 0) is 43.4 Å². The fraction of sp³-hybridized carbons (Fsp3) is 0.941. The van der Waals surface area contributed by atoms with Crippen molar-refractivity contribution in [2.45, 2.75) is 356 Å². The van der Waals surface area contributed by atoms with E-state index in [2.05, 4.69) is 48.5 Å². The number of aliphatic hydroxyl groups is 1. The molecule has 0 aromatic rings. The average Bonchev–Trinajstić information content (AvgIpc) is 3.61. The van der Waals surface area contributed by atoms with Gasteiger partial charge in [-0.2, -0.15) is 0 Å². The van der Waals surface area contributed by atoms with Gasteiger partial charge in [-0.3, -0.25) is 37.3 Å². The Labute approximate surface area is 530 Å². The van der Waals surface area contributed by atoms with Crippen molar-refractivity contribution in [3.05, 3.63) is 0 Å². The zero-order valence-electron chi connectivity index (χ0n) is 56.5. The number of hydrogen-bond acceptors (Lipinski definition) is 15. The Morgan fingerprint density at radius 3 is 0.874 bits per heavy atom. The smallest absolute Gasteiger partial charge is 0.462 e. The Kier molecular flexibility index (Phi) is 57.8. The molecule has 0 heterocycles. The summed E-state index contributed by atoms with van der Waals surface area (Å²) in [6, 6.07) is 0. The van der Waals surface area contributed by atoms with Gasteiger partial charge in [0.1, 0.15) is 19.3 Å². The van der Waals surface area contributed by atoms with Crippen LogP contribution in [-0.4, -0.2) is 96.7 Å². The quantitative estimate of drug-likeness (QED) is 0.0222. The lowest BCUT2D eigenvalue weighted by Crippen LogP contribution is -2.30. The number of esters is 4. The molecule has 17 nitrogen and oxygen atoms in total. The molecular formula is C68H132O17P2. The van der Waals surface area contributed by atoms with E-state index in [1.807, 2.05) is 0 Å². The second-order valence-corrected chi connectivity index (χ2v) is 28.4. The minimum atomic E-state index is -4.95. The Morgan fingerprint density at radius 2 is 0.586 bits per heavy atom. The monoisotopic (exact) mass is 1280 g/mol. The predicted octanol–water partition coefficient (Wildman–Crippen LogP) is 19.1. The van der Waals surface area contributed by atoms with Gasteiger partial charge in [0, 0.05) is 25.7 Å². The number of phosphoric ester groups is 2. The van der Waals surface area contributed by atoms with E-state index in [4.69, 9.17) is 37.0 Å². The van der Waals surface area contributed by atoms with Crippen LogP contribution in [0.5, 0.6) is 0 Å². The molecule has 516 valence electrons. The van der Waals surface area contributed by atoms with Crippen LogP contribution in [0.3, 0.4) is 0 Å². The van der Waals surface area contributed by atoms with Crippen LogP contribution in [0.1, 0.15) is 337 Å². The Morgan fingerprint density at radius 1 is 0.333 bits per heavy atom. The lowest BCUT2D eigenvalue weighted by molar-refractivity contribution is -0.161. The molecule has 0 fully saturated rings. The number of carbonyl (C=O) groups is 4. The largest absolute Gasteiger partial charge is 0.472 e. The van der Waals surface area contributed by atoms with Gasteiger partial charge in [0.05, 0.1) is 26.4 Å². The van der Waals surface area contributed by atoms with Gasteiger partial charge in [0.2, 0.25) is 0 Å². The van der Waals surface area contributed by atoms with Crippen molar-refractivity contribution < 1.29 is 80.2 Å². The molecule has 0 aliphatic carbocycles. The maximum absolute atomic E-state index is 13.0. The molecule has 0 saturated carbocycles. The number of aliphatic hydroxyl groups excluding tert-OH is 1. The van der Waals surface area contributed by atoms with Gasteiger partial charge in [-0.1, -0.05) is 286 Å². The molecular weight excluding hydrogens is 1150 g/mol. The normalized spacial score (nSPS) is 14.9. The van der Waals surface area contributed by atoms with E-state index >= 15 is 0 Å². The summed E-state index contributed by atoms with van der Waals surface area (Å²) in [4.78, 5) is 72.2. The third kappa shape index (κ3) is 60.1. The van der Waals surface area contributed by atoms with Crippen molar-refractivity contribution in [2.75, 3.05) is 39.6 Å². The summed E-state index contributed by atoms with van der Waals surface area (Å²) in [5.41, 5.74) is 0. The van der Waals surface area contributed by atoms with Crippen LogP contribution in [-0.2, 0) is 65.4 Å². The van der Waals surface area contributed by atoms with E-state index in [1.54, 1.807) is 0 Å². The van der Waals surface area contributed by atoms with Crippen LogP contribution in [0.15, 0.2) is 0 Å². The zero-order chi connectivity index (χ0) is 64.5. The number of rotatable bonds is 66. The second kappa shape index (κ2) is 59.1. The molecule has 0 aromatic heterocycles. The van der Waals surface area contributed by atoms with Gasteiger partial charge in [-0.25, -0.2) is 9.13 Å². The van der Waals surface area contributed by atoms with Crippen molar-refractivity contribution in [1.29, 1.82) is 0 Å².